The van der Waals surface area contributed by atoms with E-state index in [0.29, 0.717) is 13.1 Å². The fourth-order valence-electron chi connectivity index (χ4n) is 3.90. The Hall–Kier alpha value is -2.72. The maximum Gasteiger partial charge on any atom is 0.223 e. The lowest BCUT2D eigenvalue weighted by Crippen LogP contribution is -2.40. The maximum absolute atomic E-state index is 13.8. The first kappa shape index (κ1) is 18.6. The Morgan fingerprint density at radius 1 is 0.964 bits per heavy atom. The molecule has 144 valence electrons. The third kappa shape index (κ3) is 4.39. The van der Waals surface area contributed by atoms with Crippen LogP contribution < -0.4 is 5.32 Å². The van der Waals surface area contributed by atoms with Gasteiger partial charge in [0.15, 0.2) is 0 Å². The van der Waals surface area contributed by atoms with Crippen molar-refractivity contribution in [1.82, 2.24) is 10.2 Å². The highest BCUT2D eigenvalue weighted by Gasteiger charge is 2.25. The van der Waals surface area contributed by atoms with Gasteiger partial charge in [0.1, 0.15) is 5.82 Å². The molecule has 0 spiro atoms. The minimum Gasteiger partial charge on any atom is -0.352 e. The smallest absolute Gasteiger partial charge is 0.223 e. The van der Waals surface area contributed by atoms with Gasteiger partial charge in [-0.05, 0) is 54.4 Å². The van der Waals surface area contributed by atoms with Gasteiger partial charge in [-0.3, -0.25) is 9.69 Å². The SMILES string of the molecule is O=C(NCc1ccc2ccccc2c1)C1CCN(Cc2ccccc2F)CC1. The predicted octanol–water partition coefficient (Wildman–Crippen LogP) is 4.51. The lowest BCUT2D eigenvalue weighted by Gasteiger charge is -2.31. The van der Waals surface area contributed by atoms with E-state index in [2.05, 4.69) is 40.5 Å². The van der Waals surface area contributed by atoms with Gasteiger partial charge < -0.3 is 5.32 Å². The van der Waals surface area contributed by atoms with Gasteiger partial charge in [0.2, 0.25) is 5.91 Å². The van der Waals surface area contributed by atoms with E-state index in [9.17, 15) is 9.18 Å². The molecule has 0 aliphatic carbocycles. The summed E-state index contributed by atoms with van der Waals surface area (Å²) >= 11 is 0. The van der Waals surface area contributed by atoms with Crippen molar-refractivity contribution < 1.29 is 9.18 Å². The molecule has 0 radical (unpaired) electrons. The van der Waals surface area contributed by atoms with Crippen LogP contribution in [0.1, 0.15) is 24.0 Å². The summed E-state index contributed by atoms with van der Waals surface area (Å²) in [5, 5.41) is 5.49. The molecule has 4 rings (SSSR count). The second kappa shape index (κ2) is 8.53. The molecule has 1 aliphatic rings. The third-order valence-electron chi connectivity index (χ3n) is 5.59. The fourth-order valence-corrected chi connectivity index (χ4v) is 3.90. The van der Waals surface area contributed by atoms with Gasteiger partial charge in [-0.15, -0.1) is 0 Å². The minimum atomic E-state index is -0.155. The molecule has 1 heterocycles. The highest BCUT2D eigenvalue weighted by Crippen LogP contribution is 2.21. The average molecular weight is 376 g/mol. The van der Waals surface area contributed by atoms with Crippen LogP contribution in [-0.2, 0) is 17.9 Å². The summed E-state index contributed by atoms with van der Waals surface area (Å²) in [5.74, 6) is 0.00813. The number of hydrogen-bond donors (Lipinski definition) is 1. The first-order chi connectivity index (χ1) is 13.7. The van der Waals surface area contributed by atoms with Crippen LogP contribution in [0.2, 0.25) is 0 Å². The second-order valence-electron chi connectivity index (χ2n) is 7.54. The molecule has 1 fully saturated rings. The van der Waals surface area contributed by atoms with E-state index in [-0.39, 0.29) is 17.6 Å². The molecule has 0 atom stereocenters. The molecule has 1 N–H and O–H groups in total. The number of hydrogen-bond acceptors (Lipinski definition) is 2. The lowest BCUT2D eigenvalue weighted by atomic mass is 9.95. The van der Waals surface area contributed by atoms with Crippen molar-refractivity contribution >= 4 is 16.7 Å². The molecular formula is C24H25FN2O. The van der Waals surface area contributed by atoms with E-state index in [0.717, 1.165) is 37.1 Å². The Morgan fingerprint density at radius 2 is 1.68 bits per heavy atom. The molecule has 3 aromatic rings. The molecule has 0 bridgehead atoms. The highest BCUT2D eigenvalue weighted by atomic mass is 19.1. The standard InChI is InChI=1S/C24H25FN2O/c25-23-8-4-3-7-22(23)17-27-13-11-20(12-14-27)24(28)26-16-18-9-10-19-5-1-2-6-21(19)15-18/h1-10,15,20H,11-14,16-17H2,(H,26,28). The number of amides is 1. The van der Waals surface area contributed by atoms with E-state index < -0.39 is 0 Å². The molecule has 3 aromatic carbocycles. The largest absolute Gasteiger partial charge is 0.352 e. The lowest BCUT2D eigenvalue weighted by molar-refractivity contribution is -0.126. The van der Waals surface area contributed by atoms with E-state index in [1.165, 1.54) is 16.8 Å². The van der Waals surface area contributed by atoms with Gasteiger partial charge in [-0.1, -0.05) is 54.6 Å². The van der Waals surface area contributed by atoms with E-state index in [4.69, 9.17) is 0 Å². The van der Waals surface area contributed by atoms with Crippen molar-refractivity contribution in [1.29, 1.82) is 0 Å². The Morgan fingerprint density at radius 3 is 2.46 bits per heavy atom. The molecule has 28 heavy (non-hydrogen) atoms. The van der Waals surface area contributed by atoms with Crippen LogP contribution in [0.4, 0.5) is 4.39 Å². The molecule has 1 amide bonds. The summed E-state index contributed by atoms with van der Waals surface area (Å²) in [7, 11) is 0. The average Bonchev–Trinajstić information content (AvgIpc) is 2.74. The Balaban J connectivity index is 1.27. The van der Waals surface area contributed by atoms with Crippen molar-refractivity contribution in [3.8, 4) is 0 Å². The zero-order valence-electron chi connectivity index (χ0n) is 15.9. The number of piperidine rings is 1. The van der Waals surface area contributed by atoms with Crippen LogP contribution in [0, 0.1) is 11.7 Å². The van der Waals surface area contributed by atoms with E-state index in [1.54, 1.807) is 6.07 Å². The summed E-state index contributed by atoms with van der Waals surface area (Å²) < 4.78 is 13.8. The number of likely N-dealkylation sites (tertiary alicyclic amines) is 1. The number of carbonyl (C=O) groups excluding carboxylic acids is 1. The zero-order valence-corrected chi connectivity index (χ0v) is 15.9. The zero-order chi connectivity index (χ0) is 19.3. The number of nitrogens with zero attached hydrogens (tertiary/aromatic N) is 1. The molecule has 0 aromatic heterocycles. The Bertz CT molecular complexity index is 963. The molecular weight excluding hydrogens is 351 g/mol. The van der Waals surface area contributed by atoms with Crippen molar-refractivity contribution in [2.24, 2.45) is 5.92 Å². The molecule has 3 nitrogen and oxygen atoms in total. The second-order valence-corrected chi connectivity index (χ2v) is 7.54. The summed E-state index contributed by atoms with van der Waals surface area (Å²) in [6.45, 7) is 2.81. The summed E-state index contributed by atoms with van der Waals surface area (Å²) in [4.78, 5) is 14.8. The van der Waals surface area contributed by atoms with Crippen LogP contribution in [0.25, 0.3) is 10.8 Å². The normalized spacial score (nSPS) is 15.6. The maximum atomic E-state index is 13.8. The molecule has 1 saturated heterocycles. The molecule has 4 heteroatoms. The molecule has 1 aliphatic heterocycles. The highest BCUT2D eigenvalue weighted by molar-refractivity contribution is 5.83. The minimum absolute atomic E-state index is 0.0392. The van der Waals surface area contributed by atoms with Gasteiger partial charge in [0.05, 0.1) is 0 Å². The Labute approximate surface area is 165 Å². The first-order valence-corrected chi connectivity index (χ1v) is 9.90. The number of fused-ring (bicyclic) bond motifs is 1. The van der Waals surface area contributed by atoms with Crippen LogP contribution in [0.15, 0.2) is 66.7 Å². The summed E-state index contributed by atoms with van der Waals surface area (Å²) in [5.41, 5.74) is 1.84. The van der Waals surface area contributed by atoms with Crippen molar-refractivity contribution in [3.05, 3.63) is 83.7 Å². The number of rotatable bonds is 5. The van der Waals surface area contributed by atoms with E-state index >= 15 is 0 Å². The third-order valence-corrected chi connectivity index (χ3v) is 5.59. The van der Waals surface area contributed by atoms with Crippen molar-refractivity contribution in [3.63, 3.8) is 0 Å². The number of carbonyl (C=O) groups is 1. The number of benzene rings is 3. The summed E-state index contributed by atoms with van der Waals surface area (Å²) in [6, 6.07) is 21.4. The van der Waals surface area contributed by atoms with Gasteiger partial charge in [-0.25, -0.2) is 4.39 Å². The van der Waals surface area contributed by atoms with Crippen molar-refractivity contribution in [2.75, 3.05) is 13.1 Å². The van der Waals surface area contributed by atoms with E-state index in [1.807, 2.05) is 24.3 Å². The van der Waals surface area contributed by atoms with Crippen LogP contribution in [-0.4, -0.2) is 23.9 Å². The van der Waals surface area contributed by atoms with Gasteiger partial charge in [0, 0.05) is 24.6 Å². The number of nitrogens with one attached hydrogen (secondary N) is 1. The van der Waals surface area contributed by atoms with Crippen molar-refractivity contribution in [2.45, 2.75) is 25.9 Å². The van der Waals surface area contributed by atoms with Crippen LogP contribution in [0.5, 0.6) is 0 Å². The molecule has 0 saturated carbocycles. The van der Waals surface area contributed by atoms with Gasteiger partial charge in [-0.2, -0.15) is 0 Å². The Kier molecular flexibility index (Phi) is 5.68. The van der Waals surface area contributed by atoms with Crippen LogP contribution in [0.3, 0.4) is 0 Å². The van der Waals surface area contributed by atoms with Crippen LogP contribution >= 0.6 is 0 Å². The van der Waals surface area contributed by atoms with Gasteiger partial charge >= 0.3 is 0 Å². The summed E-state index contributed by atoms with van der Waals surface area (Å²) in [6.07, 6.45) is 1.63. The van der Waals surface area contributed by atoms with Gasteiger partial charge in [0.25, 0.3) is 0 Å². The molecule has 0 unspecified atom stereocenters. The number of halogens is 1. The first-order valence-electron chi connectivity index (χ1n) is 9.90. The predicted molar refractivity (Wildman–Crippen MR) is 110 cm³/mol. The quantitative estimate of drug-likeness (QED) is 0.711. The monoisotopic (exact) mass is 376 g/mol. The topological polar surface area (TPSA) is 32.3 Å². The fraction of sp³-hybridized carbons (Fsp3) is 0.292.